The molecule has 2 aliphatic rings. The monoisotopic (exact) mass is 535 g/mol. The third kappa shape index (κ3) is 8.23. The number of hydrogen-bond acceptors (Lipinski definition) is 6. The normalized spacial score (nSPS) is 22.3. The molecule has 2 aromatic rings. The standard InChI is InChI=1S/C27H36ClF2N5O2/c1-26(2,3)37-25(36)34-20-7-5-19(6-8-20)33-23-14-24(28)32-16-21(23)22-9-4-18(15-31-22)17-35-12-10-27(29,30)11-13-35/h4,9,14-16,19-20H,5-8,10-13,17H2,1-3H3,(H,32,33)(H,34,36). The summed E-state index contributed by atoms with van der Waals surface area (Å²) in [5.74, 6) is -2.54. The molecule has 7 nitrogen and oxygen atoms in total. The number of piperidine rings is 1. The fourth-order valence-electron chi connectivity index (χ4n) is 4.80. The maximum absolute atomic E-state index is 13.4. The second-order valence-electron chi connectivity index (χ2n) is 11.1. The average molecular weight is 536 g/mol. The van der Waals surface area contributed by atoms with Gasteiger partial charge in [0.15, 0.2) is 0 Å². The highest BCUT2D eigenvalue weighted by Gasteiger charge is 2.33. The quantitative estimate of drug-likeness (QED) is 0.424. The molecule has 1 saturated heterocycles. The fourth-order valence-corrected chi connectivity index (χ4v) is 4.96. The van der Waals surface area contributed by atoms with Gasteiger partial charge in [-0.3, -0.25) is 9.88 Å². The van der Waals surface area contributed by atoms with E-state index in [1.807, 2.05) is 43.9 Å². The van der Waals surface area contributed by atoms with Gasteiger partial charge in [0.05, 0.1) is 5.69 Å². The minimum absolute atomic E-state index is 0.0914. The van der Waals surface area contributed by atoms with Crippen LogP contribution in [0.25, 0.3) is 11.3 Å². The molecule has 4 rings (SSSR count). The van der Waals surface area contributed by atoms with Gasteiger partial charge in [0.1, 0.15) is 10.8 Å². The summed E-state index contributed by atoms with van der Waals surface area (Å²) < 4.78 is 32.2. The Morgan fingerprint density at radius 1 is 1.11 bits per heavy atom. The zero-order chi connectivity index (χ0) is 26.6. The number of pyridine rings is 2. The van der Waals surface area contributed by atoms with Gasteiger partial charge in [0.25, 0.3) is 5.92 Å². The minimum atomic E-state index is -2.54. The Morgan fingerprint density at radius 3 is 2.41 bits per heavy atom. The van der Waals surface area contributed by atoms with Crippen LogP contribution in [0.2, 0.25) is 5.15 Å². The first-order valence-corrected chi connectivity index (χ1v) is 13.3. The topological polar surface area (TPSA) is 79.4 Å². The number of rotatable bonds is 6. The molecule has 37 heavy (non-hydrogen) atoms. The van der Waals surface area contributed by atoms with Crippen molar-refractivity contribution in [2.75, 3.05) is 18.4 Å². The number of hydrogen-bond donors (Lipinski definition) is 2. The van der Waals surface area contributed by atoms with E-state index in [2.05, 4.69) is 20.6 Å². The predicted octanol–water partition coefficient (Wildman–Crippen LogP) is 6.28. The Morgan fingerprint density at radius 2 is 1.78 bits per heavy atom. The van der Waals surface area contributed by atoms with E-state index < -0.39 is 11.5 Å². The number of amides is 1. The molecule has 0 aromatic carbocycles. The molecular formula is C27H36ClF2N5O2. The highest BCUT2D eigenvalue weighted by Crippen LogP contribution is 2.32. The number of halogens is 3. The van der Waals surface area contributed by atoms with Crippen molar-refractivity contribution >= 4 is 23.4 Å². The number of nitrogens with one attached hydrogen (secondary N) is 2. The zero-order valence-corrected chi connectivity index (χ0v) is 22.5. The summed E-state index contributed by atoms with van der Waals surface area (Å²) in [6, 6.07) is 6.05. The molecule has 2 aromatic heterocycles. The highest BCUT2D eigenvalue weighted by molar-refractivity contribution is 6.29. The number of alkyl halides is 2. The van der Waals surface area contributed by atoms with E-state index in [0.717, 1.165) is 48.2 Å². The van der Waals surface area contributed by atoms with Crippen LogP contribution in [0.15, 0.2) is 30.6 Å². The van der Waals surface area contributed by atoms with Gasteiger partial charge >= 0.3 is 6.09 Å². The largest absolute Gasteiger partial charge is 0.444 e. The Hall–Kier alpha value is -2.52. The fraction of sp³-hybridized carbons (Fsp3) is 0.593. The first-order chi connectivity index (χ1) is 17.5. The second kappa shape index (κ2) is 11.5. The number of alkyl carbamates (subject to hydrolysis) is 1. The summed E-state index contributed by atoms with van der Waals surface area (Å²) in [5, 5.41) is 6.97. The number of ether oxygens (including phenoxy) is 1. The van der Waals surface area contributed by atoms with Gasteiger partial charge in [-0.15, -0.1) is 0 Å². The molecule has 0 unspecified atom stereocenters. The first-order valence-electron chi connectivity index (χ1n) is 12.9. The molecule has 0 bridgehead atoms. The van der Waals surface area contributed by atoms with Crippen LogP contribution < -0.4 is 10.6 Å². The molecule has 1 amide bonds. The van der Waals surface area contributed by atoms with E-state index in [0.29, 0.717) is 24.8 Å². The van der Waals surface area contributed by atoms with Gasteiger partial charge in [0.2, 0.25) is 0 Å². The van der Waals surface area contributed by atoms with Crippen molar-refractivity contribution in [2.24, 2.45) is 0 Å². The lowest BCUT2D eigenvalue weighted by Gasteiger charge is -2.31. The number of likely N-dealkylation sites (tertiary alicyclic amines) is 1. The van der Waals surface area contributed by atoms with Gasteiger partial charge < -0.3 is 15.4 Å². The minimum Gasteiger partial charge on any atom is -0.444 e. The Labute approximate surface area is 222 Å². The van der Waals surface area contributed by atoms with Crippen LogP contribution in [0.1, 0.15) is 64.9 Å². The van der Waals surface area contributed by atoms with E-state index in [1.54, 1.807) is 12.4 Å². The van der Waals surface area contributed by atoms with Crippen LogP contribution in [0.4, 0.5) is 19.3 Å². The summed E-state index contributed by atoms with van der Waals surface area (Å²) in [6.45, 7) is 6.94. The van der Waals surface area contributed by atoms with Crippen molar-refractivity contribution in [3.63, 3.8) is 0 Å². The molecule has 3 heterocycles. The van der Waals surface area contributed by atoms with Crippen LogP contribution in [0.5, 0.6) is 0 Å². The van der Waals surface area contributed by atoms with Crippen molar-refractivity contribution in [3.8, 4) is 11.3 Å². The second-order valence-corrected chi connectivity index (χ2v) is 11.5. The third-order valence-electron chi connectivity index (χ3n) is 6.77. The number of carbonyl (C=O) groups excluding carboxylic acids is 1. The van der Waals surface area contributed by atoms with Crippen molar-refractivity contribution in [3.05, 3.63) is 41.3 Å². The van der Waals surface area contributed by atoms with Crippen molar-refractivity contribution in [1.29, 1.82) is 0 Å². The maximum atomic E-state index is 13.4. The van der Waals surface area contributed by atoms with E-state index >= 15 is 0 Å². The van der Waals surface area contributed by atoms with Crippen LogP contribution in [-0.2, 0) is 11.3 Å². The molecular weight excluding hydrogens is 500 g/mol. The Kier molecular flexibility index (Phi) is 8.53. The molecule has 0 atom stereocenters. The van der Waals surface area contributed by atoms with Gasteiger partial charge in [-0.2, -0.15) is 0 Å². The molecule has 202 valence electrons. The Balaban J connectivity index is 1.34. The maximum Gasteiger partial charge on any atom is 0.407 e. The van der Waals surface area contributed by atoms with Crippen LogP contribution in [0.3, 0.4) is 0 Å². The molecule has 1 aliphatic carbocycles. The van der Waals surface area contributed by atoms with Gasteiger partial charge in [-0.05, 0) is 64.2 Å². The number of nitrogens with zero attached hydrogens (tertiary/aromatic N) is 3. The first kappa shape index (κ1) is 27.5. The molecule has 0 radical (unpaired) electrons. The molecule has 0 spiro atoms. The summed E-state index contributed by atoms with van der Waals surface area (Å²) in [6.07, 6.45) is 6.43. The molecule has 2 N–H and O–H groups in total. The van der Waals surface area contributed by atoms with Crippen molar-refractivity contribution < 1.29 is 18.3 Å². The SMILES string of the molecule is CC(C)(C)OC(=O)NC1CCC(Nc2cc(Cl)ncc2-c2ccc(CN3CCC(F)(F)CC3)cn2)CC1. The van der Waals surface area contributed by atoms with Crippen LogP contribution in [0, 0.1) is 0 Å². The van der Waals surface area contributed by atoms with Gasteiger partial charge in [-0.1, -0.05) is 17.7 Å². The summed E-state index contributed by atoms with van der Waals surface area (Å²) in [7, 11) is 0. The van der Waals surface area contributed by atoms with Crippen molar-refractivity contribution in [1.82, 2.24) is 20.2 Å². The Bertz CT molecular complexity index is 1060. The van der Waals surface area contributed by atoms with Crippen LogP contribution >= 0.6 is 11.6 Å². The molecule has 1 aliphatic heterocycles. The zero-order valence-electron chi connectivity index (χ0n) is 21.7. The van der Waals surface area contributed by atoms with Gasteiger partial charge in [0, 0.05) is 68.2 Å². The van der Waals surface area contributed by atoms with E-state index in [1.165, 1.54) is 0 Å². The molecule has 2 fully saturated rings. The van der Waals surface area contributed by atoms with E-state index in [-0.39, 0.29) is 31.0 Å². The third-order valence-corrected chi connectivity index (χ3v) is 6.98. The summed E-state index contributed by atoms with van der Waals surface area (Å²) in [4.78, 5) is 23.0. The average Bonchev–Trinajstić information content (AvgIpc) is 2.81. The lowest BCUT2D eigenvalue weighted by molar-refractivity contribution is -0.0566. The molecule has 1 saturated carbocycles. The lowest BCUT2D eigenvalue weighted by atomic mass is 9.91. The highest BCUT2D eigenvalue weighted by atomic mass is 35.5. The summed E-state index contributed by atoms with van der Waals surface area (Å²) in [5.41, 5.74) is 2.95. The molecule has 10 heteroatoms. The number of aromatic nitrogens is 2. The van der Waals surface area contributed by atoms with Crippen molar-refractivity contribution in [2.45, 2.75) is 89.4 Å². The van der Waals surface area contributed by atoms with Gasteiger partial charge in [-0.25, -0.2) is 18.6 Å². The summed E-state index contributed by atoms with van der Waals surface area (Å²) >= 11 is 6.22. The number of carbonyl (C=O) groups is 1. The predicted molar refractivity (Wildman–Crippen MR) is 141 cm³/mol. The van der Waals surface area contributed by atoms with E-state index in [4.69, 9.17) is 16.3 Å². The lowest BCUT2D eigenvalue weighted by Crippen LogP contribution is -2.42. The van der Waals surface area contributed by atoms with E-state index in [9.17, 15) is 13.6 Å². The smallest absolute Gasteiger partial charge is 0.407 e. The van der Waals surface area contributed by atoms with Crippen LogP contribution in [-0.4, -0.2) is 57.7 Å². The number of anilines is 1.